The maximum absolute atomic E-state index is 12.3. The van der Waals surface area contributed by atoms with E-state index in [1.807, 2.05) is 35.2 Å². The number of para-hydroxylation sites is 1. The van der Waals surface area contributed by atoms with Crippen molar-refractivity contribution in [3.05, 3.63) is 30.3 Å². The predicted molar refractivity (Wildman–Crippen MR) is 80.2 cm³/mol. The van der Waals surface area contributed by atoms with Crippen molar-refractivity contribution < 1.29 is 14.3 Å². The summed E-state index contributed by atoms with van der Waals surface area (Å²) in [5, 5.41) is 0. The largest absolute Gasteiger partial charge is 0.493 e. The number of benzene rings is 1. The molecule has 21 heavy (non-hydrogen) atoms. The van der Waals surface area contributed by atoms with E-state index < -0.39 is 0 Å². The van der Waals surface area contributed by atoms with Gasteiger partial charge in [0.1, 0.15) is 5.75 Å². The van der Waals surface area contributed by atoms with E-state index in [9.17, 15) is 4.79 Å². The maximum Gasteiger partial charge on any atom is 0.226 e. The van der Waals surface area contributed by atoms with E-state index in [-0.39, 0.29) is 11.3 Å². The molecule has 2 aliphatic heterocycles. The molecule has 2 saturated heterocycles. The first kappa shape index (κ1) is 14.4. The second kappa shape index (κ2) is 6.48. The lowest BCUT2D eigenvalue weighted by Crippen LogP contribution is -2.46. The standard InChI is InChI=1S/C17H23NO3/c19-16(7-11-21-15-5-2-1-3-6-15)18-10-4-8-17(13-18)9-12-20-14-17/h1-3,5-6H,4,7-14H2. The second-order valence-corrected chi connectivity index (χ2v) is 6.13. The maximum atomic E-state index is 12.3. The van der Waals surface area contributed by atoms with Crippen LogP contribution in [0, 0.1) is 5.41 Å². The molecule has 2 heterocycles. The Hall–Kier alpha value is -1.55. The molecule has 0 saturated carbocycles. The third kappa shape index (κ3) is 3.56. The molecular formula is C17H23NO3. The molecule has 0 bridgehead atoms. The van der Waals surface area contributed by atoms with Gasteiger partial charge in [-0.15, -0.1) is 0 Å². The molecule has 1 amide bonds. The topological polar surface area (TPSA) is 38.8 Å². The van der Waals surface area contributed by atoms with Gasteiger partial charge in [-0.25, -0.2) is 0 Å². The smallest absolute Gasteiger partial charge is 0.226 e. The third-order valence-corrected chi connectivity index (χ3v) is 4.53. The van der Waals surface area contributed by atoms with Gasteiger partial charge in [0.25, 0.3) is 0 Å². The fourth-order valence-electron chi connectivity index (χ4n) is 3.32. The van der Waals surface area contributed by atoms with Gasteiger partial charge in [-0.05, 0) is 31.4 Å². The quantitative estimate of drug-likeness (QED) is 0.855. The molecule has 114 valence electrons. The van der Waals surface area contributed by atoms with Gasteiger partial charge in [0.2, 0.25) is 5.91 Å². The van der Waals surface area contributed by atoms with Crippen LogP contribution in [0.25, 0.3) is 0 Å². The van der Waals surface area contributed by atoms with Gasteiger partial charge >= 0.3 is 0 Å². The van der Waals surface area contributed by atoms with E-state index in [1.54, 1.807) is 0 Å². The second-order valence-electron chi connectivity index (χ2n) is 6.13. The molecular weight excluding hydrogens is 266 g/mol. The monoisotopic (exact) mass is 289 g/mol. The van der Waals surface area contributed by atoms with Crippen molar-refractivity contribution in [3.8, 4) is 5.75 Å². The molecule has 0 N–H and O–H groups in total. The lowest BCUT2D eigenvalue weighted by molar-refractivity contribution is -0.135. The molecule has 4 nitrogen and oxygen atoms in total. The summed E-state index contributed by atoms with van der Waals surface area (Å²) in [4.78, 5) is 14.3. The van der Waals surface area contributed by atoms with Crippen LogP contribution >= 0.6 is 0 Å². The summed E-state index contributed by atoms with van der Waals surface area (Å²) in [6.45, 7) is 3.85. The summed E-state index contributed by atoms with van der Waals surface area (Å²) < 4.78 is 11.2. The van der Waals surface area contributed by atoms with E-state index in [0.29, 0.717) is 13.0 Å². The molecule has 1 aromatic rings. The van der Waals surface area contributed by atoms with Gasteiger partial charge in [-0.3, -0.25) is 4.79 Å². The Morgan fingerprint density at radius 1 is 1.29 bits per heavy atom. The molecule has 1 unspecified atom stereocenters. The van der Waals surface area contributed by atoms with Crippen LogP contribution < -0.4 is 4.74 Å². The third-order valence-electron chi connectivity index (χ3n) is 4.53. The van der Waals surface area contributed by atoms with E-state index in [0.717, 1.165) is 44.9 Å². The molecule has 1 spiro atoms. The van der Waals surface area contributed by atoms with Gasteiger partial charge in [-0.1, -0.05) is 18.2 Å². The van der Waals surface area contributed by atoms with Crippen molar-refractivity contribution in [2.75, 3.05) is 32.9 Å². The van der Waals surface area contributed by atoms with Gasteiger partial charge in [0.15, 0.2) is 0 Å². The normalized spacial score (nSPS) is 25.2. The van der Waals surface area contributed by atoms with Gasteiger partial charge in [-0.2, -0.15) is 0 Å². The number of piperidine rings is 1. The fourth-order valence-corrected chi connectivity index (χ4v) is 3.32. The Kier molecular flexibility index (Phi) is 4.44. The zero-order chi connectivity index (χ0) is 14.5. The number of ether oxygens (including phenoxy) is 2. The van der Waals surface area contributed by atoms with E-state index in [1.165, 1.54) is 6.42 Å². The minimum atomic E-state index is 0.205. The van der Waals surface area contributed by atoms with E-state index >= 15 is 0 Å². The van der Waals surface area contributed by atoms with Crippen molar-refractivity contribution in [1.82, 2.24) is 4.90 Å². The first-order valence-corrected chi connectivity index (χ1v) is 7.81. The van der Waals surface area contributed by atoms with Gasteiger partial charge in [0, 0.05) is 25.1 Å². The molecule has 2 fully saturated rings. The minimum absolute atomic E-state index is 0.205. The van der Waals surface area contributed by atoms with Crippen LogP contribution in [-0.2, 0) is 9.53 Å². The average Bonchev–Trinajstić information content (AvgIpc) is 2.96. The zero-order valence-electron chi connectivity index (χ0n) is 12.4. The Labute approximate surface area is 126 Å². The van der Waals surface area contributed by atoms with Crippen LogP contribution in [0.5, 0.6) is 5.75 Å². The van der Waals surface area contributed by atoms with Crippen molar-refractivity contribution in [2.45, 2.75) is 25.7 Å². The minimum Gasteiger partial charge on any atom is -0.493 e. The average molecular weight is 289 g/mol. The summed E-state index contributed by atoms with van der Waals surface area (Å²) in [5.41, 5.74) is 0.230. The Bertz CT molecular complexity index is 468. The molecule has 2 aliphatic rings. The number of hydrogen-bond acceptors (Lipinski definition) is 3. The van der Waals surface area contributed by atoms with Gasteiger partial charge < -0.3 is 14.4 Å². The van der Waals surface area contributed by atoms with Crippen molar-refractivity contribution in [1.29, 1.82) is 0 Å². The van der Waals surface area contributed by atoms with E-state index in [2.05, 4.69) is 0 Å². The highest BCUT2D eigenvalue weighted by molar-refractivity contribution is 5.76. The number of hydrogen-bond donors (Lipinski definition) is 0. The molecule has 0 radical (unpaired) electrons. The lowest BCUT2D eigenvalue weighted by atomic mass is 9.79. The highest BCUT2D eigenvalue weighted by Gasteiger charge is 2.39. The highest BCUT2D eigenvalue weighted by atomic mass is 16.5. The number of carbonyl (C=O) groups excluding carboxylic acids is 1. The van der Waals surface area contributed by atoms with Crippen LogP contribution in [0.2, 0.25) is 0 Å². The van der Waals surface area contributed by atoms with Crippen LogP contribution in [-0.4, -0.2) is 43.7 Å². The number of likely N-dealkylation sites (tertiary alicyclic amines) is 1. The molecule has 1 atom stereocenters. The molecule has 3 rings (SSSR count). The Morgan fingerprint density at radius 2 is 2.14 bits per heavy atom. The number of nitrogens with zero attached hydrogens (tertiary/aromatic N) is 1. The summed E-state index contributed by atoms with van der Waals surface area (Å²) in [6, 6.07) is 9.65. The molecule has 0 aliphatic carbocycles. The lowest BCUT2D eigenvalue weighted by Gasteiger charge is -2.39. The van der Waals surface area contributed by atoms with Crippen LogP contribution in [0.3, 0.4) is 0 Å². The number of amides is 1. The highest BCUT2D eigenvalue weighted by Crippen LogP contribution is 2.37. The van der Waals surface area contributed by atoms with Crippen LogP contribution in [0.4, 0.5) is 0 Å². The first-order chi connectivity index (χ1) is 10.3. The Balaban J connectivity index is 1.46. The van der Waals surface area contributed by atoms with Crippen LogP contribution in [0.15, 0.2) is 30.3 Å². The molecule has 0 aromatic heterocycles. The van der Waals surface area contributed by atoms with Crippen molar-refractivity contribution in [3.63, 3.8) is 0 Å². The summed E-state index contributed by atoms with van der Waals surface area (Å²) in [5.74, 6) is 1.03. The fraction of sp³-hybridized carbons (Fsp3) is 0.588. The van der Waals surface area contributed by atoms with E-state index in [4.69, 9.17) is 9.47 Å². The zero-order valence-corrected chi connectivity index (χ0v) is 12.4. The number of rotatable bonds is 4. The molecule has 1 aromatic carbocycles. The van der Waals surface area contributed by atoms with Crippen molar-refractivity contribution >= 4 is 5.91 Å². The van der Waals surface area contributed by atoms with Crippen LogP contribution in [0.1, 0.15) is 25.7 Å². The number of carbonyl (C=O) groups is 1. The van der Waals surface area contributed by atoms with Crippen molar-refractivity contribution in [2.24, 2.45) is 5.41 Å². The molecule has 4 heteroatoms. The summed E-state index contributed by atoms with van der Waals surface area (Å²) in [6.07, 6.45) is 3.83. The first-order valence-electron chi connectivity index (χ1n) is 7.81. The summed E-state index contributed by atoms with van der Waals surface area (Å²) >= 11 is 0. The SMILES string of the molecule is O=C(CCOc1ccccc1)N1CCCC2(CCOC2)C1. The van der Waals surface area contributed by atoms with Gasteiger partial charge in [0.05, 0.1) is 19.6 Å². The predicted octanol–water partition coefficient (Wildman–Crippen LogP) is 2.48. The Morgan fingerprint density at radius 3 is 2.90 bits per heavy atom. The summed E-state index contributed by atoms with van der Waals surface area (Å²) in [7, 11) is 0.